The molecule has 0 saturated heterocycles. The van der Waals surface area contributed by atoms with Gasteiger partial charge in [-0.05, 0) is 30.2 Å². The van der Waals surface area contributed by atoms with Gasteiger partial charge in [-0.3, -0.25) is 4.79 Å². The lowest BCUT2D eigenvalue weighted by atomic mass is 9.92. The second-order valence-corrected chi connectivity index (χ2v) is 7.82. The van der Waals surface area contributed by atoms with Crippen LogP contribution in [0.25, 0.3) is 5.57 Å². The van der Waals surface area contributed by atoms with Crippen molar-refractivity contribution in [2.45, 2.75) is 16.7 Å². The lowest BCUT2D eigenvalue weighted by Crippen LogP contribution is -2.29. The summed E-state index contributed by atoms with van der Waals surface area (Å²) in [4.78, 5) is 26.1. The largest absolute Gasteiger partial charge is 0.460 e. The third kappa shape index (κ3) is 5.43. The number of nitrogens with one attached hydrogen (secondary N) is 1. The zero-order chi connectivity index (χ0) is 22.2. The van der Waals surface area contributed by atoms with E-state index in [1.54, 1.807) is 18.7 Å². The van der Waals surface area contributed by atoms with Crippen molar-refractivity contribution in [2.75, 3.05) is 26.4 Å². The van der Waals surface area contributed by atoms with Gasteiger partial charge in [-0.2, -0.15) is 5.26 Å². The highest BCUT2D eigenvalue weighted by molar-refractivity contribution is 7.99. The van der Waals surface area contributed by atoms with Gasteiger partial charge in [0.15, 0.2) is 0 Å². The van der Waals surface area contributed by atoms with Crippen LogP contribution in [0.15, 0.2) is 76.0 Å². The van der Waals surface area contributed by atoms with Gasteiger partial charge in [0.1, 0.15) is 18.2 Å². The number of nitrogens with zero attached hydrogens (tertiary/aromatic N) is 1. The van der Waals surface area contributed by atoms with Crippen LogP contribution < -0.4 is 5.32 Å². The molecule has 0 aliphatic carbocycles. The summed E-state index contributed by atoms with van der Waals surface area (Å²) in [6.45, 7) is 5.84. The number of amides is 1. The van der Waals surface area contributed by atoms with E-state index in [0.717, 1.165) is 20.9 Å². The van der Waals surface area contributed by atoms with Crippen molar-refractivity contribution in [2.24, 2.45) is 0 Å². The summed E-state index contributed by atoms with van der Waals surface area (Å²) in [6, 6.07) is 17.6. The smallest absolute Gasteiger partial charge is 0.333 e. The number of ether oxygens (including phenoxy) is 2. The number of rotatable bonds is 8. The Balaban J connectivity index is 1.66. The number of esters is 1. The van der Waals surface area contributed by atoms with Crippen molar-refractivity contribution in [1.82, 2.24) is 5.32 Å². The number of hydrogen-bond donors (Lipinski definition) is 1. The van der Waals surface area contributed by atoms with Crippen LogP contribution in [0.3, 0.4) is 0 Å². The molecule has 31 heavy (non-hydrogen) atoms. The molecular formula is C24H22N2O4S. The Morgan fingerprint density at radius 3 is 2.23 bits per heavy atom. The molecule has 7 heteroatoms. The van der Waals surface area contributed by atoms with Gasteiger partial charge in [-0.1, -0.05) is 54.7 Å². The molecule has 1 N–H and O–H groups in total. The predicted molar refractivity (Wildman–Crippen MR) is 118 cm³/mol. The molecule has 0 fully saturated rings. The van der Waals surface area contributed by atoms with Gasteiger partial charge in [0, 0.05) is 27.5 Å². The van der Waals surface area contributed by atoms with E-state index in [1.165, 1.54) is 0 Å². The first-order chi connectivity index (χ1) is 15.0. The van der Waals surface area contributed by atoms with E-state index in [9.17, 15) is 14.9 Å². The molecule has 2 aromatic carbocycles. The van der Waals surface area contributed by atoms with Crippen LogP contribution in [-0.2, 0) is 19.1 Å². The van der Waals surface area contributed by atoms with Crippen molar-refractivity contribution >= 4 is 29.2 Å². The van der Waals surface area contributed by atoms with Crippen LogP contribution in [0.1, 0.15) is 18.1 Å². The minimum absolute atomic E-state index is 0.0654. The van der Waals surface area contributed by atoms with Crippen LogP contribution >= 0.6 is 11.8 Å². The standard InChI is InChI=1S/C24H22N2O4S/c1-16(2)24(28)30-14-13-29-12-11-26-23(27)19(15-25)22-17-7-3-5-9-20(17)31-21-10-6-4-8-18(21)22/h3-10H,1,11-14H2,2H3,(H,26,27). The molecule has 158 valence electrons. The van der Waals surface area contributed by atoms with Gasteiger partial charge in [0.05, 0.1) is 13.2 Å². The summed E-state index contributed by atoms with van der Waals surface area (Å²) in [5.41, 5.74) is 2.77. The Morgan fingerprint density at radius 1 is 1.03 bits per heavy atom. The van der Waals surface area contributed by atoms with Gasteiger partial charge in [0.2, 0.25) is 0 Å². The number of carbonyl (C=O) groups is 2. The second-order valence-electron chi connectivity index (χ2n) is 6.74. The summed E-state index contributed by atoms with van der Waals surface area (Å²) >= 11 is 1.62. The van der Waals surface area contributed by atoms with Crippen LogP contribution in [0.5, 0.6) is 0 Å². The molecule has 0 saturated carbocycles. The molecule has 0 aromatic heterocycles. The normalized spacial score (nSPS) is 11.5. The van der Waals surface area contributed by atoms with Gasteiger partial charge >= 0.3 is 5.97 Å². The Bertz CT molecular complexity index is 1040. The molecular weight excluding hydrogens is 412 g/mol. The first kappa shape index (κ1) is 22.3. The van der Waals surface area contributed by atoms with E-state index in [4.69, 9.17) is 9.47 Å². The molecule has 6 nitrogen and oxygen atoms in total. The third-order valence-corrected chi connectivity index (χ3v) is 5.61. The molecule has 1 aliphatic heterocycles. The maximum atomic E-state index is 12.8. The quantitative estimate of drug-likeness (QED) is 0.252. The van der Waals surface area contributed by atoms with Gasteiger partial charge < -0.3 is 14.8 Å². The number of nitriles is 1. The van der Waals surface area contributed by atoms with Crippen molar-refractivity contribution in [3.05, 3.63) is 77.4 Å². The minimum atomic E-state index is -0.464. The molecule has 0 atom stereocenters. The van der Waals surface area contributed by atoms with E-state index in [-0.39, 0.29) is 31.9 Å². The van der Waals surface area contributed by atoms with Crippen LogP contribution in [0.2, 0.25) is 0 Å². The van der Waals surface area contributed by atoms with E-state index in [0.29, 0.717) is 11.1 Å². The Morgan fingerprint density at radius 2 is 1.65 bits per heavy atom. The monoisotopic (exact) mass is 434 g/mol. The molecule has 0 radical (unpaired) electrons. The number of fused-ring (bicyclic) bond motifs is 2. The van der Waals surface area contributed by atoms with Crippen molar-refractivity contribution in [1.29, 1.82) is 5.26 Å². The average molecular weight is 435 g/mol. The molecule has 0 spiro atoms. The van der Waals surface area contributed by atoms with E-state index < -0.39 is 11.9 Å². The van der Waals surface area contributed by atoms with Crippen molar-refractivity contribution in [3.8, 4) is 6.07 Å². The first-order valence-electron chi connectivity index (χ1n) is 9.72. The first-order valence-corrected chi connectivity index (χ1v) is 10.5. The molecule has 1 aliphatic rings. The summed E-state index contributed by atoms with van der Waals surface area (Å²) < 4.78 is 10.3. The van der Waals surface area contributed by atoms with Crippen LogP contribution in [0, 0.1) is 11.3 Å². The highest BCUT2D eigenvalue weighted by atomic mass is 32.2. The molecule has 0 unspecified atom stereocenters. The number of benzene rings is 2. The SMILES string of the molecule is C=C(C)C(=O)OCCOCCNC(=O)C(C#N)=C1c2ccccc2Sc2ccccc21. The minimum Gasteiger partial charge on any atom is -0.460 e. The Kier molecular flexibility index (Phi) is 7.65. The second kappa shape index (κ2) is 10.6. The third-order valence-electron chi connectivity index (χ3n) is 4.46. The summed E-state index contributed by atoms with van der Waals surface area (Å²) in [5.74, 6) is -0.917. The van der Waals surface area contributed by atoms with Crippen LogP contribution in [0.4, 0.5) is 0 Å². The average Bonchev–Trinajstić information content (AvgIpc) is 2.78. The molecule has 0 bridgehead atoms. The van der Waals surface area contributed by atoms with Gasteiger partial charge in [-0.15, -0.1) is 0 Å². The van der Waals surface area contributed by atoms with E-state index in [1.807, 2.05) is 48.5 Å². The lowest BCUT2D eigenvalue weighted by Gasteiger charge is -2.22. The van der Waals surface area contributed by atoms with E-state index in [2.05, 4.69) is 18.0 Å². The highest BCUT2D eigenvalue weighted by Crippen LogP contribution is 2.46. The Hall–Kier alpha value is -3.34. The summed E-state index contributed by atoms with van der Waals surface area (Å²) in [7, 11) is 0. The Labute approximate surface area is 185 Å². The fourth-order valence-electron chi connectivity index (χ4n) is 3.02. The number of hydrogen-bond acceptors (Lipinski definition) is 6. The fourth-order valence-corrected chi connectivity index (χ4v) is 4.11. The summed E-state index contributed by atoms with van der Waals surface area (Å²) in [5, 5.41) is 12.5. The molecule has 1 amide bonds. The lowest BCUT2D eigenvalue weighted by molar-refractivity contribution is -0.140. The van der Waals surface area contributed by atoms with Gasteiger partial charge in [0.25, 0.3) is 5.91 Å². The van der Waals surface area contributed by atoms with Crippen LogP contribution in [-0.4, -0.2) is 38.2 Å². The zero-order valence-electron chi connectivity index (χ0n) is 17.1. The zero-order valence-corrected chi connectivity index (χ0v) is 18.0. The van der Waals surface area contributed by atoms with Gasteiger partial charge in [-0.25, -0.2) is 4.79 Å². The maximum Gasteiger partial charge on any atom is 0.333 e. The molecule has 1 heterocycles. The number of carbonyl (C=O) groups excluding carboxylic acids is 2. The highest BCUT2D eigenvalue weighted by Gasteiger charge is 2.26. The maximum absolute atomic E-state index is 12.8. The molecule has 2 aromatic rings. The van der Waals surface area contributed by atoms with Crippen molar-refractivity contribution < 1.29 is 19.1 Å². The van der Waals surface area contributed by atoms with Crippen molar-refractivity contribution in [3.63, 3.8) is 0 Å². The summed E-state index contributed by atoms with van der Waals surface area (Å²) in [6.07, 6.45) is 0. The topological polar surface area (TPSA) is 88.4 Å². The fraction of sp³-hybridized carbons (Fsp3) is 0.208. The molecule has 3 rings (SSSR count). The predicted octanol–water partition coefficient (Wildman–Crippen LogP) is 3.73. The van der Waals surface area contributed by atoms with E-state index >= 15 is 0 Å².